The molecule has 0 fully saturated rings. The van der Waals surface area contributed by atoms with E-state index in [1.807, 2.05) is 61.5 Å². The number of aryl methyl sites for hydroxylation is 1. The van der Waals surface area contributed by atoms with Crippen molar-refractivity contribution in [3.05, 3.63) is 83.7 Å². The molecule has 0 N–H and O–H groups in total. The largest absolute Gasteiger partial charge is 0.488 e. The Hall–Kier alpha value is -3.12. The molecule has 0 unspecified atom stereocenters. The number of hydrogen-bond donors (Lipinski definition) is 0. The summed E-state index contributed by atoms with van der Waals surface area (Å²) < 4.78 is 5.99. The fourth-order valence-corrected chi connectivity index (χ4v) is 2.44. The maximum atomic E-state index is 9.17. The van der Waals surface area contributed by atoms with Crippen LogP contribution in [0, 0.1) is 18.3 Å². The zero-order chi connectivity index (χ0) is 16.1. The lowest BCUT2D eigenvalue weighted by molar-refractivity contribution is 0.307. The van der Waals surface area contributed by atoms with Crippen LogP contribution >= 0.6 is 0 Å². The lowest BCUT2D eigenvalue weighted by atomic mass is 10.0. The van der Waals surface area contributed by atoms with Gasteiger partial charge in [-0.25, -0.2) is 0 Å². The van der Waals surface area contributed by atoms with Crippen LogP contribution in [0.3, 0.4) is 0 Å². The Morgan fingerprint density at radius 3 is 2.57 bits per heavy atom. The second kappa shape index (κ2) is 6.76. The quantitative estimate of drug-likeness (QED) is 0.712. The van der Waals surface area contributed by atoms with E-state index in [4.69, 9.17) is 4.74 Å². The maximum Gasteiger partial charge on any atom is 0.127 e. The van der Waals surface area contributed by atoms with E-state index >= 15 is 0 Å². The summed E-state index contributed by atoms with van der Waals surface area (Å²) in [5.74, 6) is 0.754. The molecule has 3 aromatic rings. The Morgan fingerprint density at radius 1 is 1.00 bits per heavy atom. The van der Waals surface area contributed by atoms with Gasteiger partial charge < -0.3 is 4.74 Å². The minimum atomic E-state index is 0.485. The first-order valence-electron chi connectivity index (χ1n) is 7.41. The first-order valence-corrected chi connectivity index (χ1v) is 7.41. The van der Waals surface area contributed by atoms with Crippen LogP contribution in [-0.4, -0.2) is 4.98 Å². The molecule has 0 aliphatic carbocycles. The maximum absolute atomic E-state index is 9.17. The zero-order valence-corrected chi connectivity index (χ0v) is 12.9. The van der Waals surface area contributed by atoms with Crippen LogP contribution in [0.15, 0.2) is 66.9 Å². The summed E-state index contributed by atoms with van der Waals surface area (Å²) in [5, 5.41) is 9.17. The smallest absolute Gasteiger partial charge is 0.127 e. The van der Waals surface area contributed by atoms with E-state index < -0.39 is 0 Å². The minimum Gasteiger partial charge on any atom is -0.488 e. The van der Waals surface area contributed by atoms with Gasteiger partial charge in [0.2, 0.25) is 0 Å². The molecule has 0 saturated heterocycles. The van der Waals surface area contributed by atoms with Crippen molar-refractivity contribution in [1.29, 1.82) is 5.26 Å². The minimum absolute atomic E-state index is 0.485. The number of nitrogens with zero attached hydrogens (tertiary/aromatic N) is 2. The molecule has 0 aliphatic heterocycles. The number of ether oxygens (including phenoxy) is 1. The molecule has 0 saturated carbocycles. The molecular formula is C20H16N2O. The number of aromatic nitrogens is 1. The normalized spacial score (nSPS) is 10.1. The van der Waals surface area contributed by atoms with Gasteiger partial charge in [0.1, 0.15) is 12.4 Å². The summed E-state index contributed by atoms with van der Waals surface area (Å²) in [7, 11) is 0. The molecule has 0 bridgehead atoms. The van der Waals surface area contributed by atoms with E-state index in [1.165, 1.54) is 0 Å². The number of pyridine rings is 1. The summed E-state index contributed by atoms with van der Waals surface area (Å²) in [4.78, 5) is 4.33. The van der Waals surface area contributed by atoms with Crippen LogP contribution in [-0.2, 0) is 6.61 Å². The Kier molecular flexibility index (Phi) is 4.35. The fraction of sp³-hybridized carbons (Fsp3) is 0.100. The van der Waals surface area contributed by atoms with Crippen molar-refractivity contribution in [2.24, 2.45) is 0 Å². The van der Waals surface area contributed by atoms with Crippen LogP contribution in [0.2, 0.25) is 0 Å². The van der Waals surface area contributed by atoms with E-state index in [0.29, 0.717) is 12.2 Å². The van der Waals surface area contributed by atoms with Crippen LogP contribution < -0.4 is 4.74 Å². The fourth-order valence-electron chi connectivity index (χ4n) is 2.44. The summed E-state index contributed by atoms with van der Waals surface area (Å²) in [6.07, 6.45) is 1.76. The highest BCUT2D eigenvalue weighted by molar-refractivity contribution is 5.73. The number of nitriles is 1. The predicted octanol–water partition coefficient (Wildman–Crippen LogP) is 4.51. The highest BCUT2D eigenvalue weighted by Gasteiger charge is 2.11. The van der Waals surface area contributed by atoms with Gasteiger partial charge in [-0.2, -0.15) is 5.26 Å². The monoisotopic (exact) mass is 300 g/mol. The standard InChI is InChI=1S/C20H16N2O/c1-15-18(8-5-11-22-15)19-12-17(13-21)9-10-20(19)23-14-16-6-3-2-4-7-16/h2-12H,14H2,1H3. The summed E-state index contributed by atoms with van der Waals surface area (Å²) in [5.41, 5.74) is 4.49. The number of hydrogen-bond acceptors (Lipinski definition) is 3. The summed E-state index contributed by atoms with van der Waals surface area (Å²) in [6.45, 7) is 2.44. The molecule has 0 spiro atoms. The predicted molar refractivity (Wildman–Crippen MR) is 89.9 cm³/mol. The summed E-state index contributed by atoms with van der Waals surface area (Å²) >= 11 is 0. The molecule has 23 heavy (non-hydrogen) atoms. The van der Waals surface area contributed by atoms with Crippen molar-refractivity contribution in [2.45, 2.75) is 13.5 Å². The average Bonchev–Trinajstić information content (AvgIpc) is 2.61. The Bertz CT molecular complexity index is 851. The van der Waals surface area contributed by atoms with Crippen molar-refractivity contribution in [3.63, 3.8) is 0 Å². The van der Waals surface area contributed by atoms with Crippen molar-refractivity contribution < 1.29 is 4.74 Å². The van der Waals surface area contributed by atoms with Crippen LogP contribution in [0.4, 0.5) is 0 Å². The molecule has 0 radical (unpaired) electrons. The second-order valence-electron chi connectivity index (χ2n) is 5.23. The Labute approximate surface area is 135 Å². The van der Waals surface area contributed by atoms with Gasteiger partial charge in [0.25, 0.3) is 0 Å². The third kappa shape index (κ3) is 3.38. The van der Waals surface area contributed by atoms with Gasteiger partial charge in [0.05, 0.1) is 11.6 Å². The van der Waals surface area contributed by atoms with Gasteiger partial charge in [-0.3, -0.25) is 4.98 Å². The van der Waals surface area contributed by atoms with Gasteiger partial charge in [-0.05, 0) is 36.8 Å². The molecule has 0 amide bonds. The topological polar surface area (TPSA) is 45.9 Å². The van der Waals surface area contributed by atoms with E-state index in [0.717, 1.165) is 28.1 Å². The Morgan fingerprint density at radius 2 is 1.83 bits per heavy atom. The van der Waals surface area contributed by atoms with Crippen LogP contribution in [0.5, 0.6) is 5.75 Å². The second-order valence-corrected chi connectivity index (χ2v) is 5.23. The van der Waals surface area contributed by atoms with Gasteiger partial charge in [-0.1, -0.05) is 36.4 Å². The van der Waals surface area contributed by atoms with Crippen LogP contribution in [0.25, 0.3) is 11.1 Å². The van der Waals surface area contributed by atoms with Crippen molar-refractivity contribution in [2.75, 3.05) is 0 Å². The molecule has 112 valence electrons. The molecule has 2 aromatic carbocycles. The van der Waals surface area contributed by atoms with Gasteiger partial charge in [-0.15, -0.1) is 0 Å². The van der Waals surface area contributed by atoms with E-state index in [-0.39, 0.29) is 0 Å². The molecule has 0 atom stereocenters. The molecule has 1 heterocycles. The lowest BCUT2D eigenvalue weighted by Crippen LogP contribution is -1.98. The molecule has 0 aliphatic rings. The number of rotatable bonds is 4. The molecular weight excluding hydrogens is 284 g/mol. The molecule has 3 nitrogen and oxygen atoms in total. The third-order valence-electron chi connectivity index (χ3n) is 3.64. The molecule has 3 heteroatoms. The van der Waals surface area contributed by atoms with Gasteiger partial charge in [0.15, 0.2) is 0 Å². The summed E-state index contributed by atoms with van der Waals surface area (Å²) in [6, 6.07) is 21.6. The SMILES string of the molecule is Cc1ncccc1-c1cc(C#N)ccc1OCc1ccccc1. The molecule has 3 rings (SSSR count). The van der Waals surface area contributed by atoms with E-state index in [9.17, 15) is 5.26 Å². The average molecular weight is 300 g/mol. The lowest BCUT2D eigenvalue weighted by Gasteiger charge is -2.13. The van der Waals surface area contributed by atoms with Crippen molar-refractivity contribution >= 4 is 0 Å². The first kappa shape index (κ1) is 14.8. The van der Waals surface area contributed by atoms with Gasteiger partial charge >= 0.3 is 0 Å². The van der Waals surface area contributed by atoms with Crippen molar-refractivity contribution in [3.8, 4) is 22.9 Å². The molecule has 1 aromatic heterocycles. The highest BCUT2D eigenvalue weighted by atomic mass is 16.5. The van der Waals surface area contributed by atoms with E-state index in [2.05, 4.69) is 11.1 Å². The van der Waals surface area contributed by atoms with Gasteiger partial charge in [0, 0.05) is 23.0 Å². The zero-order valence-electron chi connectivity index (χ0n) is 12.9. The van der Waals surface area contributed by atoms with Crippen molar-refractivity contribution in [1.82, 2.24) is 4.98 Å². The first-order chi connectivity index (χ1) is 11.3. The highest BCUT2D eigenvalue weighted by Crippen LogP contribution is 2.33. The Balaban J connectivity index is 1.97. The number of benzene rings is 2. The third-order valence-corrected chi connectivity index (χ3v) is 3.64. The van der Waals surface area contributed by atoms with E-state index in [1.54, 1.807) is 12.3 Å². The van der Waals surface area contributed by atoms with Crippen LogP contribution in [0.1, 0.15) is 16.8 Å².